The van der Waals surface area contributed by atoms with Crippen molar-refractivity contribution in [1.29, 1.82) is 0 Å². The van der Waals surface area contributed by atoms with Crippen LogP contribution >= 0.6 is 11.3 Å². The number of nitrogens with two attached hydrogens (primary N) is 1. The molecule has 9 heteroatoms. The first-order valence-corrected chi connectivity index (χ1v) is 10.8. The lowest BCUT2D eigenvalue weighted by molar-refractivity contribution is 0.0977. The van der Waals surface area contributed by atoms with E-state index in [-0.39, 0.29) is 37.1 Å². The van der Waals surface area contributed by atoms with E-state index >= 15 is 0 Å². The fourth-order valence-electron chi connectivity index (χ4n) is 3.55. The standard InChI is InChI=1S/C23H22N4O4S/c1-31-12-11-26(22(29)17-14-32-18-10-6-5-9-16(17)18)19-20(24)27(23(30)25-21(19)28)13-15-7-3-2-4-8-15/h2-10,14H,11-13,24H2,1H3,(H,25,28,30). The first-order valence-electron chi connectivity index (χ1n) is 9.94. The lowest BCUT2D eigenvalue weighted by atomic mass is 10.1. The van der Waals surface area contributed by atoms with Crippen molar-refractivity contribution >= 4 is 38.8 Å². The topological polar surface area (TPSA) is 110 Å². The van der Waals surface area contributed by atoms with Gasteiger partial charge in [0.25, 0.3) is 11.5 Å². The fourth-order valence-corrected chi connectivity index (χ4v) is 4.48. The number of H-pyrrole nitrogens is 1. The quantitative estimate of drug-likeness (QED) is 0.450. The molecular weight excluding hydrogens is 428 g/mol. The van der Waals surface area contributed by atoms with Gasteiger partial charge < -0.3 is 10.5 Å². The highest BCUT2D eigenvalue weighted by atomic mass is 32.1. The second kappa shape index (κ2) is 9.21. The summed E-state index contributed by atoms with van der Waals surface area (Å²) in [4.78, 5) is 42.5. The molecule has 4 rings (SSSR count). The zero-order valence-electron chi connectivity index (χ0n) is 17.4. The Labute approximate surface area is 187 Å². The average Bonchev–Trinajstić information content (AvgIpc) is 3.23. The Kier molecular flexibility index (Phi) is 6.20. The van der Waals surface area contributed by atoms with Crippen molar-refractivity contribution in [3.63, 3.8) is 0 Å². The van der Waals surface area contributed by atoms with Gasteiger partial charge in [-0.2, -0.15) is 0 Å². The number of hydrogen-bond acceptors (Lipinski definition) is 6. The number of anilines is 2. The normalized spacial score (nSPS) is 11.0. The number of rotatable bonds is 7. The summed E-state index contributed by atoms with van der Waals surface area (Å²) in [5.74, 6) is -0.465. The van der Waals surface area contributed by atoms with Crippen molar-refractivity contribution < 1.29 is 9.53 Å². The fraction of sp³-hybridized carbons (Fsp3) is 0.174. The lowest BCUT2D eigenvalue weighted by Crippen LogP contribution is -2.42. The van der Waals surface area contributed by atoms with Crippen LogP contribution in [0.15, 0.2) is 69.6 Å². The van der Waals surface area contributed by atoms with Crippen LogP contribution < -0.4 is 21.9 Å². The Balaban J connectivity index is 1.83. The number of thiophene rings is 1. The van der Waals surface area contributed by atoms with Gasteiger partial charge in [-0.05, 0) is 11.6 Å². The van der Waals surface area contributed by atoms with Crippen LogP contribution in [0.5, 0.6) is 0 Å². The Hall–Kier alpha value is -3.69. The number of nitrogen functional groups attached to an aromatic ring is 1. The van der Waals surface area contributed by atoms with E-state index in [1.807, 2.05) is 54.6 Å². The molecular formula is C23H22N4O4S. The van der Waals surface area contributed by atoms with Crippen LogP contribution in [0.2, 0.25) is 0 Å². The molecule has 8 nitrogen and oxygen atoms in total. The van der Waals surface area contributed by atoms with Gasteiger partial charge in [-0.1, -0.05) is 48.5 Å². The second-order valence-corrected chi connectivity index (χ2v) is 8.07. The maximum Gasteiger partial charge on any atom is 0.330 e. The van der Waals surface area contributed by atoms with Gasteiger partial charge >= 0.3 is 5.69 Å². The summed E-state index contributed by atoms with van der Waals surface area (Å²) >= 11 is 1.44. The molecule has 0 aliphatic heterocycles. The number of amides is 1. The number of carbonyl (C=O) groups excluding carboxylic acids is 1. The van der Waals surface area contributed by atoms with E-state index in [0.717, 1.165) is 15.6 Å². The Bertz CT molecular complexity index is 1370. The van der Waals surface area contributed by atoms with Gasteiger partial charge in [0.1, 0.15) is 5.82 Å². The van der Waals surface area contributed by atoms with E-state index in [4.69, 9.17) is 10.5 Å². The van der Waals surface area contributed by atoms with Crippen LogP contribution in [-0.4, -0.2) is 35.7 Å². The summed E-state index contributed by atoms with van der Waals surface area (Å²) in [6, 6.07) is 16.8. The van der Waals surface area contributed by atoms with E-state index in [9.17, 15) is 14.4 Å². The molecule has 1 amide bonds. The number of hydrogen-bond donors (Lipinski definition) is 2. The summed E-state index contributed by atoms with van der Waals surface area (Å²) in [6.07, 6.45) is 0. The van der Waals surface area contributed by atoms with E-state index in [0.29, 0.717) is 5.56 Å². The van der Waals surface area contributed by atoms with Gasteiger partial charge in [-0.15, -0.1) is 11.3 Å². The summed E-state index contributed by atoms with van der Waals surface area (Å²) < 4.78 is 7.38. The highest BCUT2D eigenvalue weighted by Gasteiger charge is 2.26. The lowest BCUT2D eigenvalue weighted by Gasteiger charge is -2.24. The molecule has 0 bridgehead atoms. The number of nitrogens with zero attached hydrogens (tertiary/aromatic N) is 2. The molecule has 0 atom stereocenters. The minimum absolute atomic E-state index is 0.0714. The Morgan fingerprint density at radius 1 is 1.12 bits per heavy atom. The van der Waals surface area contributed by atoms with Crippen molar-refractivity contribution in [3.8, 4) is 0 Å². The molecule has 164 valence electrons. The van der Waals surface area contributed by atoms with Crippen LogP contribution in [0.3, 0.4) is 0 Å². The third kappa shape index (κ3) is 4.08. The molecule has 32 heavy (non-hydrogen) atoms. The van der Waals surface area contributed by atoms with Crippen molar-refractivity contribution in [1.82, 2.24) is 9.55 Å². The third-order valence-electron chi connectivity index (χ3n) is 5.14. The molecule has 0 saturated heterocycles. The maximum atomic E-state index is 13.6. The van der Waals surface area contributed by atoms with Gasteiger partial charge in [-0.25, -0.2) is 4.79 Å². The zero-order chi connectivity index (χ0) is 22.7. The number of fused-ring (bicyclic) bond motifs is 1. The number of aromatic amines is 1. The average molecular weight is 451 g/mol. The number of carbonyl (C=O) groups is 1. The predicted molar refractivity (Wildman–Crippen MR) is 127 cm³/mol. The maximum absolute atomic E-state index is 13.6. The molecule has 0 unspecified atom stereocenters. The first-order chi connectivity index (χ1) is 15.5. The summed E-state index contributed by atoms with van der Waals surface area (Å²) in [5, 5.41) is 2.55. The smallest absolute Gasteiger partial charge is 0.330 e. The van der Waals surface area contributed by atoms with Crippen molar-refractivity contribution in [2.24, 2.45) is 0 Å². The van der Waals surface area contributed by atoms with Crippen molar-refractivity contribution in [2.75, 3.05) is 30.9 Å². The molecule has 2 aromatic heterocycles. The molecule has 2 aromatic carbocycles. The minimum atomic E-state index is -0.721. The summed E-state index contributed by atoms with van der Waals surface area (Å²) in [6.45, 7) is 0.434. The third-order valence-corrected chi connectivity index (χ3v) is 6.11. The number of ether oxygens (including phenoxy) is 1. The summed E-state index contributed by atoms with van der Waals surface area (Å²) in [5.41, 5.74) is 6.18. The summed E-state index contributed by atoms with van der Waals surface area (Å²) in [7, 11) is 1.51. The van der Waals surface area contributed by atoms with Gasteiger partial charge in [-0.3, -0.25) is 24.0 Å². The molecule has 4 aromatic rings. The predicted octanol–water partition coefficient (Wildman–Crippen LogP) is 2.68. The number of benzene rings is 2. The molecule has 0 aliphatic rings. The minimum Gasteiger partial charge on any atom is -0.383 e. The largest absolute Gasteiger partial charge is 0.383 e. The number of nitrogens with one attached hydrogen (secondary N) is 1. The monoisotopic (exact) mass is 450 g/mol. The molecule has 0 saturated carbocycles. The van der Waals surface area contributed by atoms with Gasteiger partial charge in [0.2, 0.25) is 0 Å². The molecule has 2 heterocycles. The van der Waals surface area contributed by atoms with Gasteiger partial charge in [0.15, 0.2) is 5.69 Å². The molecule has 0 aliphatic carbocycles. The van der Waals surface area contributed by atoms with Gasteiger partial charge in [0.05, 0.1) is 18.7 Å². The van der Waals surface area contributed by atoms with Crippen LogP contribution in [0.1, 0.15) is 15.9 Å². The second-order valence-electron chi connectivity index (χ2n) is 7.16. The van der Waals surface area contributed by atoms with Crippen LogP contribution in [0.25, 0.3) is 10.1 Å². The number of methoxy groups -OCH3 is 1. The van der Waals surface area contributed by atoms with Crippen molar-refractivity contribution in [3.05, 3.63) is 91.9 Å². The first kappa shape index (κ1) is 21.5. The highest BCUT2D eigenvalue weighted by Crippen LogP contribution is 2.28. The zero-order valence-corrected chi connectivity index (χ0v) is 18.2. The van der Waals surface area contributed by atoms with Gasteiger partial charge in [0, 0.05) is 29.1 Å². The van der Waals surface area contributed by atoms with Crippen molar-refractivity contribution in [2.45, 2.75) is 6.54 Å². The Morgan fingerprint density at radius 2 is 1.84 bits per heavy atom. The Morgan fingerprint density at radius 3 is 2.59 bits per heavy atom. The van der Waals surface area contributed by atoms with E-state index in [1.54, 1.807) is 5.38 Å². The molecule has 0 spiro atoms. The molecule has 0 fully saturated rings. The molecule has 3 N–H and O–H groups in total. The SMILES string of the molecule is COCCN(C(=O)c1csc2ccccc12)c1c(N)n(Cc2ccccc2)c(=O)[nH]c1=O. The van der Waals surface area contributed by atoms with E-state index in [1.165, 1.54) is 27.9 Å². The van der Waals surface area contributed by atoms with Crippen LogP contribution in [0.4, 0.5) is 11.5 Å². The van der Waals surface area contributed by atoms with Crippen LogP contribution in [-0.2, 0) is 11.3 Å². The van der Waals surface area contributed by atoms with E-state index in [2.05, 4.69) is 4.98 Å². The highest BCUT2D eigenvalue weighted by molar-refractivity contribution is 7.17. The van der Waals surface area contributed by atoms with E-state index < -0.39 is 11.2 Å². The number of aromatic nitrogens is 2. The van der Waals surface area contributed by atoms with Crippen LogP contribution in [0, 0.1) is 0 Å². The molecule has 0 radical (unpaired) electrons.